The van der Waals surface area contributed by atoms with Crippen LogP contribution in [0.4, 0.5) is 0 Å². The predicted octanol–water partition coefficient (Wildman–Crippen LogP) is 6.85. The van der Waals surface area contributed by atoms with Crippen LogP contribution in [0.2, 0.25) is 10.0 Å². The molecule has 0 bridgehead atoms. The molecule has 1 N–H and O–H groups in total. The molecule has 33 heavy (non-hydrogen) atoms. The zero-order valence-corrected chi connectivity index (χ0v) is 22.3. The van der Waals surface area contributed by atoms with Gasteiger partial charge in [0, 0.05) is 21.5 Å². The van der Waals surface area contributed by atoms with E-state index < -0.39 is 0 Å². The molecule has 2 aromatic carbocycles. The standard InChI is InChI=1S/C25H27Cl2IN2O3/c1-3-32-21-11-15(13-29-30-24(31)22-18-6-4-5-9-25(18,22)2)10-20(28)23(21)33-14-16-7-8-17(26)12-19(16)27/h7-8,10-13,18,22H,3-6,9,14H2,1-2H3,(H,30,31)/b29-13-/t18-,22+,25-/m1/s1. The van der Waals surface area contributed by atoms with Crippen LogP contribution in [0, 0.1) is 20.8 Å². The van der Waals surface area contributed by atoms with Crippen molar-refractivity contribution < 1.29 is 14.3 Å². The molecular weight excluding hydrogens is 574 g/mol. The van der Waals surface area contributed by atoms with Crippen molar-refractivity contribution >= 4 is 57.9 Å². The first-order valence-corrected chi connectivity index (χ1v) is 13.0. The number of amides is 1. The summed E-state index contributed by atoms with van der Waals surface area (Å²) in [7, 11) is 0. The quantitative estimate of drug-likeness (QED) is 0.205. The van der Waals surface area contributed by atoms with E-state index >= 15 is 0 Å². The molecule has 3 atom stereocenters. The Morgan fingerprint density at radius 3 is 2.79 bits per heavy atom. The van der Waals surface area contributed by atoms with E-state index in [0.717, 1.165) is 27.5 Å². The van der Waals surface area contributed by atoms with Crippen LogP contribution < -0.4 is 14.9 Å². The first kappa shape index (κ1) is 24.6. The Hall–Kier alpha value is -1.51. The smallest absolute Gasteiger partial charge is 0.244 e. The van der Waals surface area contributed by atoms with Crippen molar-refractivity contribution in [3.63, 3.8) is 0 Å². The Kier molecular flexibility index (Phi) is 7.76. The Labute approximate surface area is 218 Å². The van der Waals surface area contributed by atoms with Gasteiger partial charge in [0.2, 0.25) is 5.91 Å². The molecular formula is C25H27Cl2IN2O3. The zero-order valence-electron chi connectivity index (χ0n) is 18.7. The summed E-state index contributed by atoms with van der Waals surface area (Å²) >= 11 is 14.5. The number of nitrogens with zero attached hydrogens (tertiary/aromatic N) is 1. The summed E-state index contributed by atoms with van der Waals surface area (Å²) in [6.07, 6.45) is 6.38. The highest BCUT2D eigenvalue weighted by molar-refractivity contribution is 14.1. The van der Waals surface area contributed by atoms with Crippen LogP contribution in [0.5, 0.6) is 11.5 Å². The second-order valence-electron chi connectivity index (χ2n) is 8.86. The van der Waals surface area contributed by atoms with Crippen LogP contribution in [-0.2, 0) is 11.4 Å². The third-order valence-corrected chi connectivity index (χ3v) is 8.11. The van der Waals surface area contributed by atoms with Gasteiger partial charge in [-0.25, -0.2) is 5.43 Å². The fraction of sp³-hybridized carbons (Fsp3) is 0.440. The van der Waals surface area contributed by atoms with Crippen LogP contribution in [0.3, 0.4) is 0 Å². The van der Waals surface area contributed by atoms with Crippen molar-refractivity contribution in [1.82, 2.24) is 5.43 Å². The minimum absolute atomic E-state index is 0.0279. The van der Waals surface area contributed by atoms with Gasteiger partial charge in [-0.05, 0) is 83.5 Å². The summed E-state index contributed by atoms with van der Waals surface area (Å²) in [4.78, 5) is 12.6. The number of rotatable bonds is 8. The molecule has 0 saturated heterocycles. The number of hydrogen-bond acceptors (Lipinski definition) is 4. The van der Waals surface area contributed by atoms with Crippen molar-refractivity contribution in [3.8, 4) is 11.5 Å². The van der Waals surface area contributed by atoms with E-state index in [9.17, 15) is 4.79 Å². The summed E-state index contributed by atoms with van der Waals surface area (Å²) in [6, 6.07) is 9.12. The summed E-state index contributed by atoms with van der Waals surface area (Å²) in [5.74, 6) is 1.88. The molecule has 5 nitrogen and oxygen atoms in total. The maximum absolute atomic E-state index is 12.6. The molecule has 2 aromatic rings. The number of halogens is 3. The Morgan fingerprint density at radius 1 is 1.27 bits per heavy atom. The van der Waals surface area contributed by atoms with Gasteiger partial charge in [0.15, 0.2) is 11.5 Å². The lowest BCUT2D eigenvalue weighted by molar-refractivity contribution is -0.123. The molecule has 2 fully saturated rings. The van der Waals surface area contributed by atoms with E-state index in [0.29, 0.717) is 34.1 Å². The molecule has 0 aliphatic heterocycles. The molecule has 2 aliphatic carbocycles. The number of benzene rings is 2. The normalized spacial score (nSPS) is 23.8. The Morgan fingerprint density at radius 2 is 2.09 bits per heavy atom. The number of hydrogen-bond donors (Lipinski definition) is 1. The van der Waals surface area contributed by atoms with Gasteiger partial charge in [0.05, 0.1) is 16.4 Å². The fourth-order valence-electron chi connectivity index (χ4n) is 4.94. The molecule has 0 unspecified atom stereocenters. The molecule has 2 saturated carbocycles. The van der Waals surface area contributed by atoms with Crippen molar-refractivity contribution in [2.24, 2.45) is 22.4 Å². The van der Waals surface area contributed by atoms with Gasteiger partial charge in [-0.15, -0.1) is 0 Å². The Balaban J connectivity index is 1.43. The highest BCUT2D eigenvalue weighted by Gasteiger charge is 2.64. The van der Waals surface area contributed by atoms with Crippen molar-refractivity contribution in [2.75, 3.05) is 6.61 Å². The summed E-state index contributed by atoms with van der Waals surface area (Å²) in [5.41, 5.74) is 4.57. The van der Waals surface area contributed by atoms with Crippen LogP contribution in [-0.4, -0.2) is 18.7 Å². The second kappa shape index (κ2) is 10.4. The maximum atomic E-state index is 12.6. The number of carbonyl (C=O) groups is 1. The number of nitrogens with one attached hydrogen (secondary N) is 1. The van der Waals surface area contributed by atoms with Gasteiger partial charge in [-0.2, -0.15) is 5.10 Å². The highest BCUT2D eigenvalue weighted by Crippen LogP contribution is 2.66. The third-order valence-electron chi connectivity index (χ3n) is 6.72. The molecule has 8 heteroatoms. The Bertz CT molecular complexity index is 1080. The van der Waals surface area contributed by atoms with Gasteiger partial charge in [-0.3, -0.25) is 4.79 Å². The van der Waals surface area contributed by atoms with Gasteiger partial charge in [0.1, 0.15) is 6.61 Å². The van der Waals surface area contributed by atoms with E-state index in [4.69, 9.17) is 32.7 Å². The molecule has 2 aliphatic rings. The molecule has 0 aromatic heterocycles. The average Bonchev–Trinajstić information content (AvgIpc) is 3.40. The summed E-state index contributed by atoms with van der Waals surface area (Å²) in [6.45, 7) is 4.94. The van der Waals surface area contributed by atoms with Crippen LogP contribution in [0.25, 0.3) is 0 Å². The molecule has 1 amide bonds. The lowest BCUT2D eigenvalue weighted by Gasteiger charge is -2.15. The zero-order chi connectivity index (χ0) is 23.6. The number of fused-ring (bicyclic) bond motifs is 1. The lowest BCUT2D eigenvalue weighted by atomic mass is 9.90. The SMILES string of the molecule is CCOc1cc(/C=N\NC(=O)[C@@H]2[C@H]3CCCC[C@]32C)cc(I)c1OCc1ccc(Cl)cc1Cl. The average molecular weight is 601 g/mol. The second-order valence-corrected chi connectivity index (χ2v) is 10.9. The van der Waals surface area contributed by atoms with Gasteiger partial charge < -0.3 is 9.47 Å². The summed E-state index contributed by atoms with van der Waals surface area (Å²) in [5, 5.41) is 5.36. The van der Waals surface area contributed by atoms with E-state index in [2.05, 4.69) is 40.0 Å². The number of ether oxygens (including phenoxy) is 2. The van der Waals surface area contributed by atoms with E-state index in [-0.39, 0.29) is 23.8 Å². The van der Waals surface area contributed by atoms with Gasteiger partial charge in [-0.1, -0.05) is 49.0 Å². The van der Waals surface area contributed by atoms with Crippen molar-refractivity contribution in [2.45, 2.75) is 46.1 Å². The lowest BCUT2D eigenvalue weighted by Crippen LogP contribution is -2.22. The topological polar surface area (TPSA) is 59.9 Å². The third kappa shape index (κ3) is 5.43. The largest absolute Gasteiger partial charge is 0.490 e. The molecule has 0 radical (unpaired) electrons. The predicted molar refractivity (Wildman–Crippen MR) is 140 cm³/mol. The van der Waals surface area contributed by atoms with Crippen LogP contribution >= 0.6 is 45.8 Å². The van der Waals surface area contributed by atoms with Crippen molar-refractivity contribution in [1.29, 1.82) is 0 Å². The number of hydrazone groups is 1. The van der Waals surface area contributed by atoms with Crippen molar-refractivity contribution in [3.05, 3.63) is 55.1 Å². The minimum atomic E-state index is 0.0279. The highest BCUT2D eigenvalue weighted by atomic mass is 127. The molecule has 4 rings (SSSR count). The molecule has 0 spiro atoms. The van der Waals surface area contributed by atoms with Crippen LogP contribution in [0.15, 0.2) is 35.4 Å². The van der Waals surface area contributed by atoms with E-state index in [1.807, 2.05) is 25.1 Å². The fourth-order valence-corrected chi connectivity index (χ4v) is 6.19. The van der Waals surface area contributed by atoms with E-state index in [1.165, 1.54) is 12.8 Å². The number of carbonyl (C=O) groups excluding carboxylic acids is 1. The maximum Gasteiger partial charge on any atom is 0.244 e. The molecule has 0 heterocycles. The molecule has 176 valence electrons. The summed E-state index contributed by atoms with van der Waals surface area (Å²) < 4.78 is 12.7. The van der Waals surface area contributed by atoms with Gasteiger partial charge in [0.25, 0.3) is 0 Å². The van der Waals surface area contributed by atoms with Crippen LogP contribution in [0.1, 0.15) is 50.7 Å². The first-order chi connectivity index (χ1) is 15.8. The first-order valence-electron chi connectivity index (χ1n) is 11.2. The van der Waals surface area contributed by atoms with E-state index in [1.54, 1.807) is 18.3 Å². The minimum Gasteiger partial charge on any atom is -0.490 e. The van der Waals surface area contributed by atoms with Gasteiger partial charge >= 0.3 is 0 Å². The monoisotopic (exact) mass is 600 g/mol.